The Morgan fingerprint density at radius 2 is 1.94 bits per heavy atom. The van der Waals surface area contributed by atoms with Gasteiger partial charge >= 0.3 is 0 Å². The van der Waals surface area contributed by atoms with Crippen LogP contribution in [0.1, 0.15) is 42.5 Å². The molecule has 0 radical (unpaired) electrons. The van der Waals surface area contributed by atoms with Crippen LogP contribution < -0.4 is 4.90 Å². The van der Waals surface area contributed by atoms with Gasteiger partial charge in [-0.1, -0.05) is 12.5 Å². The number of carbonyl (C=O) groups excluding carboxylic acids is 1. The Bertz CT molecular complexity index is 934. The number of anilines is 1. The van der Waals surface area contributed by atoms with Crippen molar-refractivity contribution in [3.05, 3.63) is 35.2 Å². The molecule has 0 spiro atoms. The maximum atomic E-state index is 13.7. The van der Waals surface area contributed by atoms with E-state index in [0.29, 0.717) is 38.0 Å². The smallest absolute Gasteiger partial charge is 0.257 e. The molecule has 0 aromatic carbocycles. The lowest BCUT2D eigenvalue weighted by Gasteiger charge is -2.40. The van der Waals surface area contributed by atoms with Crippen LogP contribution in [0.2, 0.25) is 0 Å². The summed E-state index contributed by atoms with van der Waals surface area (Å²) in [6, 6.07) is 8.67. The Kier molecular flexibility index (Phi) is 7.79. The summed E-state index contributed by atoms with van der Waals surface area (Å²) >= 11 is 1.66. The van der Waals surface area contributed by atoms with Gasteiger partial charge in [0.05, 0.1) is 42.1 Å². The number of thiophene rings is 1. The molecule has 0 saturated carbocycles. The molecule has 3 fully saturated rings. The molecule has 184 valence electrons. The van der Waals surface area contributed by atoms with Gasteiger partial charge in [-0.15, -0.1) is 11.3 Å². The lowest BCUT2D eigenvalue weighted by Crippen LogP contribution is -2.48. The number of pyridine rings is 1. The zero-order valence-electron chi connectivity index (χ0n) is 20.2. The molecular weight excluding hydrogens is 448 g/mol. The van der Waals surface area contributed by atoms with Crippen molar-refractivity contribution in [3.63, 3.8) is 0 Å². The van der Waals surface area contributed by atoms with E-state index < -0.39 is 0 Å². The first kappa shape index (κ1) is 23.7. The van der Waals surface area contributed by atoms with Gasteiger partial charge in [-0.05, 0) is 62.4 Å². The molecule has 1 atom stereocenters. The number of aromatic nitrogens is 1. The van der Waals surface area contributed by atoms with Crippen LogP contribution in [-0.4, -0.2) is 92.4 Å². The zero-order valence-corrected chi connectivity index (χ0v) is 21.0. The van der Waals surface area contributed by atoms with Gasteiger partial charge in [-0.25, -0.2) is 4.98 Å². The third kappa shape index (κ3) is 5.46. The predicted octanol–water partition coefficient (Wildman–Crippen LogP) is 3.75. The van der Waals surface area contributed by atoms with Gasteiger partial charge in [0.1, 0.15) is 5.82 Å². The van der Waals surface area contributed by atoms with E-state index in [2.05, 4.69) is 21.2 Å². The van der Waals surface area contributed by atoms with Crippen molar-refractivity contribution in [2.45, 2.75) is 44.2 Å². The molecule has 3 saturated heterocycles. The van der Waals surface area contributed by atoms with Crippen LogP contribution in [-0.2, 0) is 9.47 Å². The van der Waals surface area contributed by atoms with Gasteiger partial charge in [-0.2, -0.15) is 0 Å². The molecule has 3 aliphatic heterocycles. The van der Waals surface area contributed by atoms with Gasteiger partial charge < -0.3 is 24.2 Å². The quantitative estimate of drug-likeness (QED) is 0.623. The molecule has 1 amide bonds. The van der Waals surface area contributed by atoms with Crippen LogP contribution in [0, 0.1) is 0 Å². The monoisotopic (exact) mass is 484 g/mol. The SMILES string of the molecule is CN(C[C@H]1COCCO1)c1nc(-c2cccs2)ccc1C(=O)N1CCC(N2CCCCC2)CC1. The highest BCUT2D eigenvalue weighted by atomic mass is 32.1. The highest BCUT2D eigenvalue weighted by Crippen LogP contribution is 2.29. The summed E-state index contributed by atoms with van der Waals surface area (Å²) in [5.41, 5.74) is 1.58. The number of hydrogen-bond acceptors (Lipinski definition) is 7. The van der Waals surface area contributed by atoms with Gasteiger partial charge in [0.2, 0.25) is 0 Å². The van der Waals surface area contributed by atoms with Crippen LogP contribution in [0.4, 0.5) is 5.82 Å². The Hall–Kier alpha value is -2.00. The Morgan fingerprint density at radius 1 is 1.12 bits per heavy atom. The van der Waals surface area contributed by atoms with E-state index in [9.17, 15) is 4.79 Å². The third-order valence-electron chi connectivity index (χ3n) is 7.26. The minimum atomic E-state index is -0.0193. The number of likely N-dealkylation sites (N-methyl/N-ethyl adjacent to an activating group) is 1. The number of likely N-dealkylation sites (tertiary alicyclic amines) is 2. The summed E-state index contributed by atoms with van der Waals surface area (Å²) in [7, 11) is 2.00. The first-order valence-corrected chi connectivity index (χ1v) is 13.6. The van der Waals surface area contributed by atoms with E-state index in [1.807, 2.05) is 30.1 Å². The van der Waals surface area contributed by atoms with Crippen molar-refractivity contribution in [1.82, 2.24) is 14.8 Å². The maximum absolute atomic E-state index is 13.7. The lowest BCUT2D eigenvalue weighted by molar-refractivity contribution is -0.0837. The van der Waals surface area contributed by atoms with Crippen molar-refractivity contribution in [2.24, 2.45) is 0 Å². The second-order valence-electron chi connectivity index (χ2n) is 9.61. The van der Waals surface area contributed by atoms with Crippen LogP contribution in [0.25, 0.3) is 10.6 Å². The normalized spacial score (nSPS) is 22.6. The van der Waals surface area contributed by atoms with Crippen molar-refractivity contribution >= 4 is 23.1 Å². The van der Waals surface area contributed by atoms with E-state index >= 15 is 0 Å². The van der Waals surface area contributed by atoms with Crippen molar-refractivity contribution in [1.29, 1.82) is 0 Å². The van der Waals surface area contributed by atoms with E-state index in [1.54, 1.807) is 11.3 Å². The maximum Gasteiger partial charge on any atom is 0.257 e. The summed E-state index contributed by atoms with van der Waals surface area (Å²) in [5, 5.41) is 2.05. The molecule has 5 rings (SSSR count). The second kappa shape index (κ2) is 11.2. The average molecular weight is 485 g/mol. The Labute approximate surface area is 206 Å². The fraction of sp³-hybridized carbons (Fsp3) is 0.615. The minimum absolute atomic E-state index is 0.0193. The van der Waals surface area contributed by atoms with Crippen molar-refractivity contribution in [2.75, 3.05) is 64.5 Å². The number of nitrogens with zero attached hydrogens (tertiary/aromatic N) is 4. The molecule has 2 aromatic heterocycles. The summed E-state index contributed by atoms with van der Waals surface area (Å²) < 4.78 is 11.5. The summed E-state index contributed by atoms with van der Waals surface area (Å²) in [6.45, 7) is 6.52. The predicted molar refractivity (Wildman–Crippen MR) is 136 cm³/mol. The molecule has 0 bridgehead atoms. The molecule has 0 N–H and O–H groups in total. The molecule has 8 heteroatoms. The zero-order chi connectivity index (χ0) is 23.3. The van der Waals surface area contributed by atoms with E-state index in [1.165, 1.54) is 32.4 Å². The summed E-state index contributed by atoms with van der Waals surface area (Å²) in [6.07, 6.45) is 6.08. The summed E-state index contributed by atoms with van der Waals surface area (Å²) in [4.78, 5) is 26.5. The minimum Gasteiger partial charge on any atom is -0.376 e. The van der Waals surface area contributed by atoms with Crippen LogP contribution in [0.3, 0.4) is 0 Å². The van der Waals surface area contributed by atoms with Gasteiger partial charge in [0.25, 0.3) is 5.91 Å². The topological polar surface area (TPSA) is 58.1 Å². The molecule has 2 aromatic rings. The number of hydrogen-bond donors (Lipinski definition) is 0. The summed E-state index contributed by atoms with van der Waals surface area (Å²) in [5.74, 6) is 0.813. The Morgan fingerprint density at radius 3 is 2.65 bits per heavy atom. The van der Waals surface area contributed by atoms with E-state index in [-0.39, 0.29) is 12.0 Å². The molecule has 34 heavy (non-hydrogen) atoms. The number of ether oxygens (including phenoxy) is 2. The number of piperidine rings is 2. The number of rotatable bonds is 6. The molecule has 0 unspecified atom stereocenters. The number of amides is 1. The molecule has 0 aliphatic carbocycles. The third-order valence-corrected chi connectivity index (χ3v) is 8.15. The first-order valence-electron chi connectivity index (χ1n) is 12.7. The van der Waals surface area contributed by atoms with Crippen molar-refractivity contribution in [3.8, 4) is 10.6 Å². The van der Waals surface area contributed by atoms with Gasteiger partial charge in [-0.3, -0.25) is 4.79 Å². The second-order valence-corrected chi connectivity index (χ2v) is 10.6. The van der Waals surface area contributed by atoms with E-state index in [0.717, 1.165) is 42.3 Å². The lowest BCUT2D eigenvalue weighted by atomic mass is 9.99. The van der Waals surface area contributed by atoms with Crippen LogP contribution >= 0.6 is 11.3 Å². The van der Waals surface area contributed by atoms with Gasteiger partial charge in [0.15, 0.2) is 0 Å². The fourth-order valence-corrected chi connectivity index (χ4v) is 6.09. The van der Waals surface area contributed by atoms with E-state index in [4.69, 9.17) is 14.5 Å². The molecule has 3 aliphatic rings. The molecule has 5 heterocycles. The average Bonchev–Trinajstić information content (AvgIpc) is 3.44. The standard InChI is InChI=1S/C26H36N4O3S/c1-28(18-21-19-32-15-16-33-21)25-22(7-8-23(27-25)24-6-5-17-34-24)26(31)30-13-9-20(10-14-30)29-11-3-2-4-12-29/h5-8,17,20-21H,2-4,9-16,18-19H2,1H3/t21-/m0/s1. The molecular formula is C26H36N4O3S. The molecule has 7 nitrogen and oxygen atoms in total. The van der Waals surface area contributed by atoms with Crippen LogP contribution in [0.5, 0.6) is 0 Å². The Balaban J connectivity index is 1.32. The largest absolute Gasteiger partial charge is 0.376 e. The first-order chi connectivity index (χ1) is 16.7. The highest BCUT2D eigenvalue weighted by Gasteiger charge is 2.30. The van der Waals surface area contributed by atoms with Gasteiger partial charge in [0, 0.05) is 32.7 Å². The fourth-order valence-electron chi connectivity index (χ4n) is 5.39. The highest BCUT2D eigenvalue weighted by molar-refractivity contribution is 7.13. The van der Waals surface area contributed by atoms with Crippen molar-refractivity contribution < 1.29 is 14.3 Å². The van der Waals surface area contributed by atoms with Crippen LogP contribution in [0.15, 0.2) is 29.6 Å². The number of carbonyl (C=O) groups is 1.